The molecule has 1 aliphatic rings. The molecule has 0 saturated carbocycles. The molecule has 0 spiro atoms. The third-order valence-corrected chi connectivity index (χ3v) is 2.97. The van der Waals surface area contributed by atoms with Crippen molar-refractivity contribution in [2.45, 2.75) is 19.9 Å². The van der Waals surface area contributed by atoms with Crippen molar-refractivity contribution >= 4 is 18.5 Å². The van der Waals surface area contributed by atoms with E-state index in [1.165, 1.54) is 0 Å². The van der Waals surface area contributed by atoms with E-state index in [0.29, 0.717) is 12.2 Å². The summed E-state index contributed by atoms with van der Waals surface area (Å²) < 4.78 is 4.99. The number of rotatable bonds is 1. The van der Waals surface area contributed by atoms with Gasteiger partial charge in [0.1, 0.15) is 6.61 Å². The van der Waals surface area contributed by atoms with Crippen molar-refractivity contribution < 1.29 is 9.53 Å². The molecule has 96 valence electrons. The fourth-order valence-electron chi connectivity index (χ4n) is 2.01. The average Bonchev–Trinajstić information content (AvgIpc) is 2.32. The molecule has 1 amide bonds. The number of nitriles is 1. The predicted octanol–water partition coefficient (Wildman–Crippen LogP) is 2.79. The lowest BCUT2D eigenvalue weighted by molar-refractivity contribution is 0.0387. The van der Waals surface area contributed by atoms with Gasteiger partial charge >= 0.3 is 6.09 Å². The lowest BCUT2D eigenvalue weighted by Crippen LogP contribution is -2.46. The highest BCUT2D eigenvalue weighted by Crippen LogP contribution is 2.36. The molecule has 5 heteroatoms. The van der Waals surface area contributed by atoms with Gasteiger partial charge in [-0.1, -0.05) is 26.0 Å². The van der Waals surface area contributed by atoms with Gasteiger partial charge in [0, 0.05) is 5.41 Å². The number of hydrogen-bond acceptors (Lipinski definition) is 3. The SMILES string of the molecule is CC1(C)COC(=O)N[C@@H]1c1cccc(C#N)c1.Cl. The Morgan fingerprint density at radius 3 is 2.89 bits per heavy atom. The zero-order valence-electron chi connectivity index (χ0n) is 10.3. The summed E-state index contributed by atoms with van der Waals surface area (Å²) in [6.07, 6.45) is -0.406. The summed E-state index contributed by atoms with van der Waals surface area (Å²) in [4.78, 5) is 11.3. The Morgan fingerprint density at radius 2 is 2.22 bits per heavy atom. The van der Waals surface area contributed by atoms with Crippen molar-refractivity contribution in [3.8, 4) is 6.07 Å². The van der Waals surface area contributed by atoms with E-state index in [2.05, 4.69) is 11.4 Å². The van der Waals surface area contributed by atoms with Gasteiger partial charge in [-0.15, -0.1) is 12.4 Å². The first-order chi connectivity index (χ1) is 8.03. The maximum Gasteiger partial charge on any atom is 0.407 e. The number of cyclic esters (lactones) is 1. The van der Waals surface area contributed by atoms with Gasteiger partial charge in [-0.2, -0.15) is 5.26 Å². The van der Waals surface area contributed by atoms with Crippen LogP contribution in [0.5, 0.6) is 0 Å². The number of ether oxygens (including phenoxy) is 1. The predicted molar refractivity (Wildman–Crippen MR) is 69.4 cm³/mol. The van der Waals surface area contributed by atoms with Crippen molar-refractivity contribution in [2.75, 3.05) is 6.61 Å². The second-order valence-electron chi connectivity index (χ2n) is 4.88. The van der Waals surface area contributed by atoms with Crippen LogP contribution in [-0.4, -0.2) is 12.7 Å². The highest BCUT2D eigenvalue weighted by molar-refractivity contribution is 5.85. The smallest absolute Gasteiger partial charge is 0.407 e. The lowest BCUT2D eigenvalue weighted by Gasteiger charge is -2.38. The van der Waals surface area contributed by atoms with E-state index in [1.54, 1.807) is 12.1 Å². The van der Waals surface area contributed by atoms with Crippen LogP contribution in [0.1, 0.15) is 31.0 Å². The Bertz CT molecular complexity index is 494. The summed E-state index contributed by atoms with van der Waals surface area (Å²) in [6.45, 7) is 4.42. The van der Waals surface area contributed by atoms with Gasteiger partial charge in [-0.25, -0.2) is 4.79 Å². The van der Waals surface area contributed by atoms with E-state index in [9.17, 15) is 4.79 Å². The molecule has 0 unspecified atom stereocenters. The second-order valence-corrected chi connectivity index (χ2v) is 4.88. The Hall–Kier alpha value is -1.73. The van der Waals surface area contributed by atoms with Crippen LogP contribution in [0, 0.1) is 16.7 Å². The minimum Gasteiger partial charge on any atom is -0.449 e. The standard InChI is InChI=1S/C13H14N2O2.ClH/c1-13(2)8-17-12(16)15-11(13)10-5-3-4-9(6-10)7-14;/h3-6,11H,8H2,1-2H3,(H,15,16);1H/t11-;/m1./s1. The van der Waals surface area contributed by atoms with Crippen LogP contribution < -0.4 is 5.32 Å². The molecular formula is C13H15ClN2O2. The number of benzene rings is 1. The highest BCUT2D eigenvalue weighted by Gasteiger charge is 2.37. The molecule has 2 rings (SSSR count). The number of amides is 1. The first-order valence-electron chi connectivity index (χ1n) is 5.46. The van der Waals surface area contributed by atoms with Crippen LogP contribution in [0.3, 0.4) is 0 Å². The molecule has 1 N–H and O–H groups in total. The quantitative estimate of drug-likeness (QED) is 0.850. The molecule has 0 radical (unpaired) electrons. The van der Waals surface area contributed by atoms with Crippen molar-refractivity contribution in [1.82, 2.24) is 5.32 Å². The zero-order valence-corrected chi connectivity index (χ0v) is 11.1. The van der Waals surface area contributed by atoms with Gasteiger partial charge in [-0.05, 0) is 17.7 Å². The first-order valence-corrected chi connectivity index (χ1v) is 5.46. The fraction of sp³-hybridized carbons (Fsp3) is 0.385. The van der Waals surface area contributed by atoms with Crippen molar-refractivity contribution in [1.29, 1.82) is 5.26 Å². The highest BCUT2D eigenvalue weighted by atomic mass is 35.5. The van der Waals surface area contributed by atoms with Crippen LogP contribution in [-0.2, 0) is 4.74 Å². The van der Waals surface area contributed by atoms with Gasteiger partial charge < -0.3 is 10.1 Å². The summed E-state index contributed by atoms with van der Waals surface area (Å²) in [6, 6.07) is 9.27. The zero-order chi connectivity index (χ0) is 12.5. The summed E-state index contributed by atoms with van der Waals surface area (Å²) in [5.41, 5.74) is 1.34. The Balaban J connectivity index is 0.00000162. The molecule has 4 nitrogen and oxygen atoms in total. The molecule has 0 aromatic heterocycles. The Kier molecular flexibility index (Phi) is 4.20. The minimum absolute atomic E-state index is 0. The number of halogens is 1. The molecule has 1 heterocycles. The lowest BCUT2D eigenvalue weighted by atomic mass is 9.80. The van der Waals surface area contributed by atoms with Crippen LogP contribution in [0.15, 0.2) is 24.3 Å². The first kappa shape index (κ1) is 14.3. The van der Waals surface area contributed by atoms with E-state index in [0.717, 1.165) is 5.56 Å². The van der Waals surface area contributed by atoms with E-state index in [-0.39, 0.29) is 23.9 Å². The Morgan fingerprint density at radius 1 is 1.50 bits per heavy atom. The van der Waals surface area contributed by atoms with Crippen LogP contribution in [0.25, 0.3) is 0 Å². The average molecular weight is 267 g/mol. The number of nitrogens with zero attached hydrogens (tertiary/aromatic N) is 1. The van der Waals surface area contributed by atoms with Crippen molar-refractivity contribution in [2.24, 2.45) is 5.41 Å². The topological polar surface area (TPSA) is 62.1 Å². The molecule has 1 fully saturated rings. The largest absolute Gasteiger partial charge is 0.449 e. The van der Waals surface area contributed by atoms with Gasteiger partial charge in [0.05, 0.1) is 17.7 Å². The molecule has 1 aromatic carbocycles. The molecule has 1 atom stereocenters. The number of nitrogens with one attached hydrogen (secondary N) is 1. The third kappa shape index (κ3) is 2.74. The van der Waals surface area contributed by atoms with E-state index in [4.69, 9.17) is 10.00 Å². The molecule has 1 saturated heterocycles. The summed E-state index contributed by atoms with van der Waals surface area (Å²) in [7, 11) is 0. The number of carbonyl (C=O) groups is 1. The molecule has 0 bridgehead atoms. The fourth-order valence-corrected chi connectivity index (χ4v) is 2.01. The second kappa shape index (κ2) is 5.28. The monoisotopic (exact) mass is 266 g/mol. The molecule has 0 aliphatic carbocycles. The van der Waals surface area contributed by atoms with Crippen LogP contribution in [0.4, 0.5) is 4.79 Å². The molecule has 18 heavy (non-hydrogen) atoms. The number of alkyl carbamates (subject to hydrolysis) is 1. The minimum atomic E-state index is -0.406. The normalized spacial score (nSPS) is 20.9. The summed E-state index contributed by atoms with van der Waals surface area (Å²) >= 11 is 0. The van der Waals surface area contributed by atoms with Crippen LogP contribution in [0.2, 0.25) is 0 Å². The van der Waals surface area contributed by atoms with Gasteiger partial charge in [0.15, 0.2) is 0 Å². The van der Waals surface area contributed by atoms with E-state index < -0.39 is 6.09 Å². The van der Waals surface area contributed by atoms with Crippen molar-refractivity contribution in [3.05, 3.63) is 35.4 Å². The maximum absolute atomic E-state index is 11.3. The van der Waals surface area contributed by atoms with Crippen molar-refractivity contribution in [3.63, 3.8) is 0 Å². The van der Waals surface area contributed by atoms with Gasteiger partial charge in [0.2, 0.25) is 0 Å². The summed E-state index contributed by atoms with van der Waals surface area (Å²) in [5, 5.41) is 11.7. The van der Waals surface area contributed by atoms with E-state index >= 15 is 0 Å². The third-order valence-electron chi connectivity index (χ3n) is 2.97. The van der Waals surface area contributed by atoms with Gasteiger partial charge in [-0.3, -0.25) is 0 Å². The molecule has 1 aliphatic heterocycles. The molecule has 1 aromatic rings. The van der Waals surface area contributed by atoms with Crippen LogP contribution >= 0.6 is 12.4 Å². The van der Waals surface area contributed by atoms with Gasteiger partial charge in [0.25, 0.3) is 0 Å². The number of carbonyl (C=O) groups excluding carboxylic acids is 1. The Labute approximate surface area is 112 Å². The number of hydrogen-bond donors (Lipinski definition) is 1. The summed E-state index contributed by atoms with van der Waals surface area (Å²) in [5.74, 6) is 0. The maximum atomic E-state index is 11.3. The van der Waals surface area contributed by atoms with E-state index in [1.807, 2.05) is 26.0 Å². The molecular weight excluding hydrogens is 252 g/mol.